The van der Waals surface area contributed by atoms with Gasteiger partial charge < -0.3 is 0 Å². The van der Waals surface area contributed by atoms with Crippen LogP contribution in [0.25, 0.3) is 0 Å². The second-order valence-corrected chi connectivity index (χ2v) is 10.5. The first-order chi connectivity index (χ1) is 15.2. The summed E-state index contributed by atoms with van der Waals surface area (Å²) in [6.45, 7) is 0. The van der Waals surface area contributed by atoms with E-state index < -0.39 is 21.7 Å². The summed E-state index contributed by atoms with van der Waals surface area (Å²) >= 11 is 7.26. The van der Waals surface area contributed by atoms with E-state index in [2.05, 4.69) is 10.3 Å². The van der Waals surface area contributed by atoms with Crippen LogP contribution >= 0.6 is 22.9 Å². The van der Waals surface area contributed by atoms with Crippen molar-refractivity contribution in [3.05, 3.63) is 69.4 Å². The average molecular weight is 494 g/mol. The molecule has 1 aliphatic carbocycles. The molecule has 0 unspecified atom stereocenters. The highest BCUT2D eigenvalue weighted by molar-refractivity contribution is 7.92. The first-order valence-corrected chi connectivity index (χ1v) is 12.2. The number of benzene rings is 2. The third-order valence-electron chi connectivity index (χ3n) is 5.02. The summed E-state index contributed by atoms with van der Waals surface area (Å²) in [5.41, 5.74) is 0.857. The quantitative estimate of drug-likeness (QED) is 0.563. The maximum absolute atomic E-state index is 13.2. The maximum Gasteiger partial charge on any atom is 0.264 e. The number of nitrogens with zero attached hydrogens (tertiary/aromatic N) is 2. The van der Waals surface area contributed by atoms with Crippen molar-refractivity contribution in [2.75, 3.05) is 16.7 Å². The molecule has 0 fully saturated rings. The zero-order valence-corrected chi connectivity index (χ0v) is 19.2. The van der Waals surface area contributed by atoms with Gasteiger partial charge in [-0.05, 0) is 55.3 Å². The second-order valence-electron chi connectivity index (χ2n) is 7.12. The molecule has 0 radical (unpaired) electrons. The van der Waals surface area contributed by atoms with E-state index in [9.17, 15) is 22.4 Å². The van der Waals surface area contributed by atoms with Crippen LogP contribution in [0.15, 0.2) is 47.4 Å². The second kappa shape index (κ2) is 8.61. The van der Waals surface area contributed by atoms with Gasteiger partial charge in [0, 0.05) is 13.5 Å². The minimum atomic E-state index is -4.05. The van der Waals surface area contributed by atoms with E-state index in [0.29, 0.717) is 23.4 Å². The molecule has 0 spiro atoms. The van der Waals surface area contributed by atoms with Crippen molar-refractivity contribution in [1.29, 1.82) is 0 Å². The number of aryl methyl sites for hydroxylation is 1. The molecule has 0 saturated carbocycles. The third kappa shape index (κ3) is 4.25. The number of thiazole rings is 1. The lowest BCUT2D eigenvalue weighted by Gasteiger charge is -2.20. The molecule has 0 saturated heterocycles. The summed E-state index contributed by atoms with van der Waals surface area (Å²) in [6.07, 6.45) is 1.84. The fourth-order valence-electron chi connectivity index (χ4n) is 3.27. The van der Waals surface area contributed by atoms with Gasteiger partial charge in [-0.2, -0.15) is 0 Å². The van der Waals surface area contributed by atoms with Crippen molar-refractivity contribution in [1.82, 2.24) is 4.98 Å². The zero-order valence-electron chi connectivity index (χ0n) is 16.8. The van der Waals surface area contributed by atoms with Crippen LogP contribution in [0.1, 0.15) is 38.6 Å². The maximum atomic E-state index is 13.2. The first-order valence-electron chi connectivity index (χ1n) is 9.55. The summed E-state index contributed by atoms with van der Waals surface area (Å²) in [6, 6.07) is 8.75. The van der Waals surface area contributed by atoms with E-state index in [0.717, 1.165) is 34.2 Å². The fraction of sp³-hybridized carbons (Fsp3) is 0.190. The van der Waals surface area contributed by atoms with Crippen LogP contribution in [-0.2, 0) is 16.4 Å². The van der Waals surface area contributed by atoms with Crippen LogP contribution in [0.3, 0.4) is 0 Å². The van der Waals surface area contributed by atoms with Crippen molar-refractivity contribution in [3.63, 3.8) is 0 Å². The lowest BCUT2D eigenvalue weighted by atomic mass is 10.0. The number of rotatable bonds is 5. The predicted molar refractivity (Wildman–Crippen MR) is 121 cm³/mol. The van der Waals surface area contributed by atoms with E-state index in [1.165, 1.54) is 37.4 Å². The SMILES string of the molecule is CN(c1ccc(F)cc1)S(=O)(=O)c1ccc(Cl)c(C(=O)Nc2nc3c(s2)C(=O)CCC3)c1. The molecule has 4 rings (SSSR count). The number of halogens is 2. The molecule has 0 atom stereocenters. The molecule has 0 aliphatic heterocycles. The summed E-state index contributed by atoms with van der Waals surface area (Å²) < 4.78 is 40.2. The number of aromatic nitrogens is 1. The Bertz CT molecular complexity index is 1320. The Balaban J connectivity index is 1.61. The smallest absolute Gasteiger partial charge is 0.264 e. The molecule has 1 heterocycles. The molecule has 2 aromatic carbocycles. The van der Waals surface area contributed by atoms with Gasteiger partial charge in [0.15, 0.2) is 10.9 Å². The van der Waals surface area contributed by atoms with Crippen molar-refractivity contribution in [2.24, 2.45) is 0 Å². The van der Waals surface area contributed by atoms with Gasteiger partial charge in [0.1, 0.15) is 5.82 Å². The molecule has 32 heavy (non-hydrogen) atoms. The molecule has 11 heteroatoms. The molecule has 1 amide bonds. The Morgan fingerprint density at radius 1 is 1.19 bits per heavy atom. The van der Waals surface area contributed by atoms with Crippen LogP contribution in [0.2, 0.25) is 5.02 Å². The highest BCUT2D eigenvalue weighted by atomic mass is 35.5. The van der Waals surface area contributed by atoms with Gasteiger partial charge in [0.25, 0.3) is 15.9 Å². The number of carbonyl (C=O) groups excluding carboxylic acids is 2. The number of amides is 1. The number of Topliss-reactive ketones (excluding diaryl/α,β-unsaturated/α-hetero) is 1. The molecule has 0 bridgehead atoms. The van der Waals surface area contributed by atoms with Crippen LogP contribution in [0.4, 0.5) is 15.2 Å². The Hall–Kier alpha value is -2.82. The monoisotopic (exact) mass is 493 g/mol. The van der Waals surface area contributed by atoms with Crippen LogP contribution < -0.4 is 9.62 Å². The Morgan fingerprint density at radius 3 is 2.59 bits per heavy atom. The number of fused-ring (bicyclic) bond motifs is 1. The number of hydrogen-bond acceptors (Lipinski definition) is 6. The van der Waals surface area contributed by atoms with E-state index in [1.807, 2.05) is 0 Å². The largest absolute Gasteiger partial charge is 0.298 e. The molecule has 166 valence electrons. The van der Waals surface area contributed by atoms with E-state index >= 15 is 0 Å². The normalized spacial score (nSPS) is 13.5. The highest BCUT2D eigenvalue weighted by Gasteiger charge is 2.26. The fourth-order valence-corrected chi connectivity index (χ4v) is 5.67. The van der Waals surface area contributed by atoms with Gasteiger partial charge in [-0.1, -0.05) is 22.9 Å². The van der Waals surface area contributed by atoms with Crippen molar-refractivity contribution < 1.29 is 22.4 Å². The van der Waals surface area contributed by atoms with Gasteiger partial charge in [-0.15, -0.1) is 0 Å². The van der Waals surface area contributed by atoms with Crippen LogP contribution in [0, 0.1) is 5.82 Å². The van der Waals surface area contributed by atoms with Crippen molar-refractivity contribution >= 4 is 55.5 Å². The molecule has 7 nitrogen and oxygen atoms in total. The zero-order chi connectivity index (χ0) is 23.0. The van der Waals surface area contributed by atoms with Gasteiger partial charge >= 0.3 is 0 Å². The number of sulfonamides is 1. The number of ketones is 1. The lowest BCUT2D eigenvalue weighted by Crippen LogP contribution is -2.27. The Morgan fingerprint density at radius 2 is 1.91 bits per heavy atom. The van der Waals surface area contributed by atoms with Crippen molar-refractivity contribution in [2.45, 2.75) is 24.2 Å². The standard InChI is InChI=1S/C21H17ClFN3O4S2/c1-26(13-7-5-12(23)6-8-13)32(29,30)14-9-10-16(22)15(11-14)20(28)25-21-24-17-3-2-4-18(27)19(17)31-21/h5-11H,2-4H2,1H3,(H,24,25,28). The summed E-state index contributed by atoms with van der Waals surface area (Å²) in [7, 11) is -2.72. The summed E-state index contributed by atoms with van der Waals surface area (Å²) in [5.74, 6) is -1.13. The number of nitrogens with one attached hydrogen (secondary N) is 1. The van der Waals surface area contributed by atoms with E-state index in [4.69, 9.17) is 11.6 Å². The average Bonchev–Trinajstić information content (AvgIpc) is 3.17. The van der Waals surface area contributed by atoms with E-state index in [1.54, 1.807) is 0 Å². The Kier molecular flexibility index (Phi) is 6.02. The highest BCUT2D eigenvalue weighted by Crippen LogP contribution is 2.31. The van der Waals surface area contributed by atoms with Crippen LogP contribution in [0.5, 0.6) is 0 Å². The number of anilines is 2. The van der Waals surface area contributed by atoms with Gasteiger partial charge in [0.2, 0.25) is 0 Å². The molecule has 1 N–H and O–H groups in total. The first kappa shape index (κ1) is 22.4. The molecule has 3 aromatic rings. The summed E-state index contributed by atoms with van der Waals surface area (Å²) in [4.78, 5) is 29.5. The minimum Gasteiger partial charge on any atom is -0.298 e. The molecular formula is C21H17ClFN3O4S2. The number of carbonyl (C=O) groups is 2. The molecule has 1 aliphatic rings. The van der Waals surface area contributed by atoms with Crippen molar-refractivity contribution in [3.8, 4) is 0 Å². The minimum absolute atomic E-state index is 0.000738. The van der Waals surface area contributed by atoms with E-state index in [-0.39, 0.29) is 32.1 Å². The predicted octanol–water partition coefficient (Wildman–Crippen LogP) is 4.53. The topological polar surface area (TPSA) is 96.4 Å². The molecule has 1 aromatic heterocycles. The van der Waals surface area contributed by atoms with Gasteiger partial charge in [0.05, 0.1) is 31.7 Å². The van der Waals surface area contributed by atoms with Crippen LogP contribution in [-0.4, -0.2) is 32.1 Å². The third-order valence-corrected chi connectivity index (χ3v) is 8.18. The van der Waals surface area contributed by atoms with Gasteiger partial charge in [-0.25, -0.2) is 17.8 Å². The van der Waals surface area contributed by atoms with Gasteiger partial charge in [-0.3, -0.25) is 19.2 Å². The molecular weight excluding hydrogens is 477 g/mol. The summed E-state index contributed by atoms with van der Waals surface area (Å²) in [5, 5.41) is 2.92. The Labute approximate surface area is 192 Å². The number of hydrogen-bond donors (Lipinski definition) is 1. The lowest BCUT2D eigenvalue weighted by molar-refractivity contribution is 0.0975.